The molecule has 4 rings (SSSR count). The lowest BCUT2D eigenvalue weighted by molar-refractivity contribution is 0.612. The molecule has 2 aliphatic heterocycles. The van der Waals surface area contributed by atoms with Crippen LogP contribution in [0, 0.1) is 13.8 Å². The van der Waals surface area contributed by atoms with Crippen LogP contribution in [0.2, 0.25) is 0 Å². The van der Waals surface area contributed by atoms with Crippen LogP contribution in [0.5, 0.6) is 0 Å². The van der Waals surface area contributed by atoms with E-state index >= 15 is 0 Å². The Morgan fingerprint density at radius 3 is 2.73 bits per heavy atom. The fraction of sp³-hybridized carbons (Fsp3) is 0.400. The average Bonchev–Trinajstić information content (AvgIpc) is 2.72. The molecule has 0 saturated carbocycles. The van der Waals surface area contributed by atoms with Crippen molar-refractivity contribution in [1.29, 1.82) is 0 Å². The van der Waals surface area contributed by atoms with Crippen LogP contribution in [0.1, 0.15) is 23.1 Å². The maximum atomic E-state index is 3.54. The van der Waals surface area contributed by atoms with Gasteiger partial charge in [-0.15, -0.1) is 0 Å². The summed E-state index contributed by atoms with van der Waals surface area (Å²) in [5.74, 6) is 0. The maximum absolute atomic E-state index is 3.54. The molecule has 0 aliphatic carbocycles. The molecule has 2 aliphatic rings. The van der Waals surface area contributed by atoms with Gasteiger partial charge in [-0.3, -0.25) is 0 Å². The summed E-state index contributed by atoms with van der Waals surface area (Å²) in [5.41, 5.74) is 8.63. The Balaban J connectivity index is 1.87. The number of anilines is 1. The van der Waals surface area contributed by atoms with Gasteiger partial charge in [0.05, 0.1) is 0 Å². The summed E-state index contributed by atoms with van der Waals surface area (Å²) in [5, 5.41) is 3.54. The zero-order valence-corrected chi connectivity index (χ0v) is 13.5. The number of aryl methyl sites for hydroxylation is 1. The summed E-state index contributed by atoms with van der Waals surface area (Å²) in [4.78, 5) is 2.66. The van der Waals surface area contributed by atoms with Crippen LogP contribution in [-0.2, 0) is 6.42 Å². The number of benzene rings is 2. The predicted molar refractivity (Wildman–Crippen MR) is 93.7 cm³/mol. The molecule has 0 spiro atoms. The Morgan fingerprint density at radius 1 is 1.00 bits per heavy atom. The summed E-state index contributed by atoms with van der Waals surface area (Å²) < 4.78 is 0. The minimum Gasteiger partial charge on any atom is -0.366 e. The molecule has 114 valence electrons. The van der Waals surface area contributed by atoms with E-state index < -0.39 is 0 Å². The van der Waals surface area contributed by atoms with Crippen molar-refractivity contribution in [2.75, 3.05) is 24.5 Å². The summed E-state index contributed by atoms with van der Waals surface area (Å²) in [7, 11) is 0. The third-order valence-electron chi connectivity index (χ3n) is 5.38. The highest BCUT2D eigenvalue weighted by molar-refractivity contribution is 5.85. The molecule has 2 heteroatoms. The van der Waals surface area contributed by atoms with Gasteiger partial charge in [0.1, 0.15) is 0 Å². The van der Waals surface area contributed by atoms with Crippen molar-refractivity contribution in [3.63, 3.8) is 0 Å². The predicted octanol–water partition coefficient (Wildman–Crippen LogP) is 3.69. The second-order valence-corrected chi connectivity index (χ2v) is 6.65. The number of rotatable bonds is 1. The minimum atomic E-state index is 0.677. The van der Waals surface area contributed by atoms with Crippen molar-refractivity contribution in [3.05, 3.63) is 53.1 Å². The fourth-order valence-electron chi connectivity index (χ4n) is 4.05. The second-order valence-electron chi connectivity index (χ2n) is 6.65. The maximum Gasteiger partial charge on any atom is 0.0482 e. The van der Waals surface area contributed by atoms with Crippen molar-refractivity contribution in [1.82, 2.24) is 5.32 Å². The van der Waals surface area contributed by atoms with Crippen molar-refractivity contribution < 1.29 is 0 Å². The summed E-state index contributed by atoms with van der Waals surface area (Å²) in [6.45, 7) is 7.83. The van der Waals surface area contributed by atoms with E-state index in [0.29, 0.717) is 6.04 Å². The lowest BCUT2D eigenvalue weighted by atomic mass is 9.94. The van der Waals surface area contributed by atoms with Gasteiger partial charge in [-0.1, -0.05) is 36.4 Å². The number of para-hydroxylation sites is 1. The first-order chi connectivity index (χ1) is 10.8. The third-order valence-corrected chi connectivity index (χ3v) is 5.38. The van der Waals surface area contributed by atoms with Crippen LogP contribution in [0.25, 0.3) is 11.1 Å². The molecule has 1 atom stereocenters. The molecule has 2 aromatic carbocycles. The van der Waals surface area contributed by atoms with Gasteiger partial charge in [-0.25, -0.2) is 0 Å². The van der Waals surface area contributed by atoms with Crippen LogP contribution < -0.4 is 10.2 Å². The molecule has 0 radical (unpaired) electrons. The first-order valence-corrected chi connectivity index (χ1v) is 8.41. The molecule has 0 bridgehead atoms. The number of nitrogens with zero attached hydrogens (tertiary/aromatic N) is 1. The fourth-order valence-corrected chi connectivity index (χ4v) is 4.05. The highest BCUT2D eigenvalue weighted by atomic mass is 15.2. The molecule has 2 nitrogen and oxygen atoms in total. The highest BCUT2D eigenvalue weighted by Crippen LogP contribution is 2.42. The van der Waals surface area contributed by atoms with Crippen LogP contribution >= 0.6 is 0 Å². The number of nitrogens with one attached hydrogen (secondary N) is 1. The van der Waals surface area contributed by atoms with Gasteiger partial charge in [0.15, 0.2) is 0 Å². The van der Waals surface area contributed by atoms with E-state index in [-0.39, 0.29) is 0 Å². The molecule has 1 unspecified atom stereocenters. The quantitative estimate of drug-likeness (QED) is 0.862. The molecule has 1 fully saturated rings. The van der Waals surface area contributed by atoms with Crippen molar-refractivity contribution in [2.24, 2.45) is 0 Å². The molecule has 22 heavy (non-hydrogen) atoms. The average molecular weight is 292 g/mol. The van der Waals surface area contributed by atoms with Gasteiger partial charge in [-0.05, 0) is 55.5 Å². The molecule has 1 N–H and O–H groups in total. The number of hydrogen-bond acceptors (Lipinski definition) is 2. The van der Waals surface area contributed by atoms with Gasteiger partial charge >= 0.3 is 0 Å². The highest BCUT2D eigenvalue weighted by Gasteiger charge is 2.32. The topological polar surface area (TPSA) is 15.3 Å². The Labute approximate surface area is 133 Å². The van der Waals surface area contributed by atoms with Crippen LogP contribution in [0.4, 0.5) is 5.69 Å². The second kappa shape index (κ2) is 5.44. The summed E-state index contributed by atoms with van der Waals surface area (Å²) in [6, 6.07) is 14.2. The zero-order valence-electron chi connectivity index (χ0n) is 13.5. The number of hydrogen-bond donors (Lipinski definition) is 1. The Morgan fingerprint density at radius 2 is 1.82 bits per heavy atom. The van der Waals surface area contributed by atoms with Crippen LogP contribution in [0.3, 0.4) is 0 Å². The van der Waals surface area contributed by atoms with Crippen molar-refractivity contribution in [3.8, 4) is 11.1 Å². The summed E-state index contributed by atoms with van der Waals surface area (Å²) in [6.07, 6.45) is 2.45. The lowest BCUT2D eigenvalue weighted by Gasteiger charge is -2.27. The SMILES string of the molecule is Cc1cccc(-c2cccc3c2N2CCNCCC2C3)c1C. The molecule has 1 saturated heterocycles. The molecule has 0 aromatic heterocycles. The molecule has 0 amide bonds. The Kier molecular flexibility index (Phi) is 3.42. The summed E-state index contributed by atoms with van der Waals surface area (Å²) >= 11 is 0. The Bertz CT molecular complexity index is 705. The number of fused-ring (bicyclic) bond motifs is 3. The molecular weight excluding hydrogens is 268 g/mol. The normalized spacial score (nSPS) is 20.5. The van der Waals surface area contributed by atoms with E-state index in [1.165, 1.54) is 46.3 Å². The van der Waals surface area contributed by atoms with Crippen LogP contribution in [-0.4, -0.2) is 25.7 Å². The lowest BCUT2D eigenvalue weighted by Crippen LogP contribution is -2.33. The van der Waals surface area contributed by atoms with Crippen LogP contribution in [0.15, 0.2) is 36.4 Å². The van der Waals surface area contributed by atoms with Crippen molar-refractivity contribution in [2.45, 2.75) is 32.7 Å². The monoisotopic (exact) mass is 292 g/mol. The molecular formula is C20H24N2. The van der Waals surface area contributed by atoms with Gasteiger partial charge < -0.3 is 10.2 Å². The van der Waals surface area contributed by atoms with E-state index in [0.717, 1.165) is 19.6 Å². The largest absolute Gasteiger partial charge is 0.366 e. The van der Waals surface area contributed by atoms with Gasteiger partial charge in [0, 0.05) is 30.4 Å². The van der Waals surface area contributed by atoms with E-state index in [1.807, 2.05) is 0 Å². The van der Waals surface area contributed by atoms with Crippen molar-refractivity contribution >= 4 is 5.69 Å². The molecule has 2 aromatic rings. The smallest absolute Gasteiger partial charge is 0.0482 e. The van der Waals surface area contributed by atoms with E-state index in [1.54, 1.807) is 0 Å². The third kappa shape index (κ3) is 2.14. The van der Waals surface area contributed by atoms with E-state index in [2.05, 4.69) is 60.5 Å². The zero-order chi connectivity index (χ0) is 15.1. The van der Waals surface area contributed by atoms with Gasteiger partial charge in [0.25, 0.3) is 0 Å². The first-order valence-electron chi connectivity index (χ1n) is 8.41. The van der Waals surface area contributed by atoms with Gasteiger partial charge in [-0.2, -0.15) is 0 Å². The van der Waals surface area contributed by atoms with E-state index in [9.17, 15) is 0 Å². The first kappa shape index (κ1) is 13.8. The molecule has 2 heterocycles. The Hall–Kier alpha value is -1.80. The standard InChI is InChI=1S/C20H24N2/c1-14-5-3-7-18(15(14)2)19-8-4-6-16-13-17-9-10-21-11-12-22(17)20(16)19/h3-8,17,21H,9-13H2,1-2H3. The minimum absolute atomic E-state index is 0.677. The van der Waals surface area contributed by atoms with Gasteiger partial charge in [0.2, 0.25) is 0 Å². The van der Waals surface area contributed by atoms with E-state index in [4.69, 9.17) is 0 Å².